The van der Waals surface area contributed by atoms with Crippen LogP contribution in [-0.4, -0.2) is 37.7 Å². The molecule has 0 saturated heterocycles. The SMILES string of the molecule is O=C(O)c1cccc(Oc2cccc(S(=O)(=O)c3ccc(CCNC[C@H](O)c4cccc(Cl)c4)cc3)c2)c1. The molecule has 3 N–H and O–H groups in total. The fourth-order valence-corrected chi connectivity index (χ4v) is 5.30. The summed E-state index contributed by atoms with van der Waals surface area (Å²) in [4.78, 5) is 11.4. The van der Waals surface area contributed by atoms with Gasteiger partial charge in [-0.25, -0.2) is 13.2 Å². The third kappa shape index (κ3) is 6.99. The van der Waals surface area contributed by atoms with Gasteiger partial charge in [0.25, 0.3) is 0 Å². The van der Waals surface area contributed by atoms with Gasteiger partial charge in [-0.1, -0.05) is 48.0 Å². The van der Waals surface area contributed by atoms with E-state index in [9.17, 15) is 18.3 Å². The Kier molecular flexibility index (Phi) is 8.81. The molecule has 0 unspecified atom stereocenters. The lowest BCUT2D eigenvalue weighted by Gasteiger charge is -2.13. The number of halogens is 1. The van der Waals surface area contributed by atoms with Crippen molar-refractivity contribution in [2.45, 2.75) is 22.3 Å². The van der Waals surface area contributed by atoms with Crippen molar-refractivity contribution in [2.24, 2.45) is 0 Å². The predicted molar refractivity (Wildman–Crippen MR) is 145 cm³/mol. The molecule has 1 atom stereocenters. The zero-order valence-corrected chi connectivity index (χ0v) is 21.8. The van der Waals surface area contributed by atoms with Crippen LogP contribution in [0.25, 0.3) is 0 Å². The van der Waals surface area contributed by atoms with Crippen LogP contribution >= 0.6 is 11.6 Å². The normalized spacial score (nSPS) is 12.2. The number of sulfone groups is 1. The summed E-state index contributed by atoms with van der Waals surface area (Å²) in [6.07, 6.45) is -0.0245. The van der Waals surface area contributed by atoms with Crippen molar-refractivity contribution in [1.29, 1.82) is 0 Å². The molecule has 38 heavy (non-hydrogen) atoms. The van der Waals surface area contributed by atoms with Gasteiger partial charge in [0.1, 0.15) is 11.5 Å². The number of rotatable bonds is 11. The van der Waals surface area contributed by atoms with E-state index in [1.165, 1.54) is 24.3 Å². The second-order valence-electron chi connectivity index (χ2n) is 8.58. The van der Waals surface area contributed by atoms with E-state index < -0.39 is 21.9 Å². The maximum absolute atomic E-state index is 13.2. The fourth-order valence-electron chi connectivity index (χ4n) is 3.81. The third-order valence-electron chi connectivity index (χ3n) is 5.83. The summed E-state index contributed by atoms with van der Waals surface area (Å²) in [5.74, 6) is -0.519. The number of hydrogen-bond donors (Lipinski definition) is 3. The van der Waals surface area contributed by atoms with E-state index in [2.05, 4.69) is 5.32 Å². The molecule has 196 valence electrons. The lowest BCUT2D eigenvalue weighted by molar-refractivity contribution is 0.0696. The largest absolute Gasteiger partial charge is 0.478 e. The minimum absolute atomic E-state index is 0.0637. The molecule has 4 aromatic carbocycles. The number of aromatic carboxylic acids is 1. The Morgan fingerprint density at radius 2 is 1.55 bits per heavy atom. The average Bonchev–Trinajstić information content (AvgIpc) is 2.91. The minimum atomic E-state index is -3.80. The first-order chi connectivity index (χ1) is 18.2. The summed E-state index contributed by atoms with van der Waals surface area (Å²) in [5, 5.41) is 23.2. The standard InChI is InChI=1S/C29H26ClNO6S/c30-23-6-1-4-21(16-23)28(32)19-31-15-14-20-10-12-26(13-11-20)38(35,36)27-9-3-8-25(18-27)37-24-7-2-5-22(17-24)29(33)34/h1-13,16-18,28,31-32H,14-15,19H2,(H,33,34)/t28-/m0/s1. The highest BCUT2D eigenvalue weighted by atomic mass is 35.5. The molecular weight excluding hydrogens is 526 g/mol. The molecular formula is C29H26ClNO6S. The number of ether oxygens (including phenoxy) is 1. The Morgan fingerprint density at radius 3 is 2.26 bits per heavy atom. The quantitative estimate of drug-likeness (QED) is 0.210. The second-order valence-corrected chi connectivity index (χ2v) is 11.0. The van der Waals surface area contributed by atoms with Crippen LogP contribution in [0.15, 0.2) is 107 Å². The number of carboxylic acids is 1. The number of nitrogens with one attached hydrogen (secondary N) is 1. The summed E-state index contributed by atoms with van der Waals surface area (Å²) in [6.45, 7) is 0.970. The van der Waals surface area contributed by atoms with E-state index in [1.54, 1.807) is 66.7 Å². The number of carbonyl (C=O) groups is 1. The van der Waals surface area contributed by atoms with Crippen molar-refractivity contribution >= 4 is 27.4 Å². The van der Waals surface area contributed by atoms with Gasteiger partial charge in [-0.15, -0.1) is 0 Å². The van der Waals surface area contributed by atoms with Crippen LogP contribution in [0.4, 0.5) is 0 Å². The molecule has 0 heterocycles. The van der Waals surface area contributed by atoms with E-state index in [-0.39, 0.29) is 26.9 Å². The van der Waals surface area contributed by atoms with Gasteiger partial charge in [0.2, 0.25) is 9.84 Å². The van der Waals surface area contributed by atoms with E-state index in [0.29, 0.717) is 24.5 Å². The lowest BCUT2D eigenvalue weighted by Crippen LogP contribution is -2.23. The summed E-state index contributed by atoms with van der Waals surface area (Å²) in [7, 11) is -3.80. The first kappa shape index (κ1) is 27.3. The van der Waals surface area contributed by atoms with Gasteiger partial charge in [0.05, 0.1) is 21.5 Å². The number of aliphatic hydroxyl groups is 1. The molecule has 0 spiro atoms. The molecule has 0 saturated carbocycles. The predicted octanol–water partition coefficient (Wildman–Crippen LogP) is 5.53. The highest BCUT2D eigenvalue weighted by Crippen LogP contribution is 2.28. The smallest absolute Gasteiger partial charge is 0.335 e. The first-order valence-electron chi connectivity index (χ1n) is 11.8. The van der Waals surface area contributed by atoms with E-state index in [1.807, 2.05) is 6.07 Å². The molecule has 4 rings (SSSR count). The summed E-state index contributed by atoms with van der Waals surface area (Å²) >= 11 is 5.97. The molecule has 0 bridgehead atoms. The second kappa shape index (κ2) is 12.2. The van der Waals surface area contributed by atoms with Crippen LogP contribution in [-0.2, 0) is 16.3 Å². The van der Waals surface area contributed by atoms with Crippen molar-refractivity contribution in [2.75, 3.05) is 13.1 Å². The van der Waals surface area contributed by atoms with Gasteiger partial charge in [0.15, 0.2) is 0 Å². The highest BCUT2D eigenvalue weighted by Gasteiger charge is 2.18. The Labute approximate surface area is 226 Å². The van der Waals surface area contributed by atoms with Crippen LogP contribution in [0.3, 0.4) is 0 Å². The average molecular weight is 552 g/mol. The maximum atomic E-state index is 13.2. The summed E-state index contributed by atoms with van der Waals surface area (Å²) < 4.78 is 32.1. The Balaban J connectivity index is 1.36. The zero-order chi connectivity index (χ0) is 27.1. The molecule has 0 amide bonds. The van der Waals surface area contributed by atoms with Crippen molar-refractivity contribution in [3.05, 3.63) is 119 Å². The molecule has 0 aliphatic rings. The molecule has 7 nitrogen and oxygen atoms in total. The zero-order valence-electron chi connectivity index (χ0n) is 20.2. The van der Waals surface area contributed by atoms with Crippen molar-refractivity contribution in [1.82, 2.24) is 5.32 Å². The molecule has 0 aromatic heterocycles. The number of carboxylic acid groups (broad SMARTS) is 1. The van der Waals surface area contributed by atoms with Crippen molar-refractivity contribution in [3.63, 3.8) is 0 Å². The molecule has 0 aliphatic heterocycles. The van der Waals surface area contributed by atoms with Gasteiger partial charge in [-0.3, -0.25) is 0 Å². The van der Waals surface area contributed by atoms with Crippen molar-refractivity contribution in [3.8, 4) is 11.5 Å². The first-order valence-corrected chi connectivity index (χ1v) is 13.7. The van der Waals surface area contributed by atoms with Crippen LogP contribution in [0.2, 0.25) is 5.02 Å². The molecule has 0 aliphatic carbocycles. The number of benzene rings is 4. The van der Waals surface area contributed by atoms with Crippen LogP contribution in [0.1, 0.15) is 27.6 Å². The van der Waals surface area contributed by atoms with E-state index >= 15 is 0 Å². The Bertz CT molecular complexity index is 1520. The van der Waals surface area contributed by atoms with Crippen molar-refractivity contribution < 1.29 is 28.2 Å². The van der Waals surface area contributed by atoms with Crippen LogP contribution in [0.5, 0.6) is 11.5 Å². The lowest BCUT2D eigenvalue weighted by atomic mass is 10.1. The third-order valence-corrected chi connectivity index (χ3v) is 7.83. The topological polar surface area (TPSA) is 113 Å². The number of aliphatic hydroxyl groups excluding tert-OH is 1. The Morgan fingerprint density at radius 1 is 0.868 bits per heavy atom. The van der Waals surface area contributed by atoms with Crippen LogP contribution < -0.4 is 10.1 Å². The van der Waals surface area contributed by atoms with Gasteiger partial charge in [0, 0.05) is 11.6 Å². The highest BCUT2D eigenvalue weighted by molar-refractivity contribution is 7.91. The van der Waals surface area contributed by atoms with Gasteiger partial charge >= 0.3 is 5.97 Å². The summed E-state index contributed by atoms with van der Waals surface area (Å²) in [6, 6.07) is 25.8. The van der Waals surface area contributed by atoms with Crippen LogP contribution in [0, 0.1) is 0 Å². The number of hydrogen-bond acceptors (Lipinski definition) is 6. The van der Waals surface area contributed by atoms with Gasteiger partial charge < -0.3 is 20.3 Å². The maximum Gasteiger partial charge on any atom is 0.335 e. The molecule has 9 heteroatoms. The monoisotopic (exact) mass is 551 g/mol. The molecule has 0 fully saturated rings. The van der Waals surface area contributed by atoms with Gasteiger partial charge in [-0.05, 0) is 84.8 Å². The Hall–Kier alpha value is -3.69. The summed E-state index contributed by atoms with van der Waals surface area (Å²) in [5.41, 5.74) is 1.76. The molecule has 4 aromatic rings. The van der Waals surface area contributed by atoms with Gasteiger partial charge in [-0.2, -0.15) is 0 Å². The van der Waals surface area contributed by atoms with E-state index in [0.717, 1.165) is 11.1 Å². The minimum Gasteiger partial charge on any atom is -0.478 e. The van der Waals surface area contributed by atoms with E-state index in [4.69, 9.17) is 21.4 Å². The fraction of sp³-hybridized carbons (Fsp3) is 0.138. The molecule has 0 radical (unpaired) electrons.